The molecule has 0 aliphatic rings. The quantitative estimate of drug-likeness (QED) is 0.0211. The van der Waals surface area contributed by atoms with Gasteiger partial charge < -0.3 is 18.9 Å². The molecule has 0 saturated heterocycles. The number of hydrogen-bond donors (Lipinski definition) is 1. The summed E-state index contributed by atoms with van der Waals surface area (Å²) in [5.74, 6) is -0.809. The number of ether oxygens (including phenoxy) is 2. The molecular weight excluding hydrogens is 1010 g/mol. The smallest absolute Gasteiger partial charge is 0.462 e. The molecule has 462 valence electrons. The summed E-state index contributed by atoms with van der Waals surface area (Å²) in [6.07, 6.45) is 83.5. The first-order valence-electron chi connectivity index (χ1n) is 33.0. The lowest BCUT2D eigenvalue weighted by Gasteiger charge is -2.24. The van der Waals surface area contributed by atoms with Gasteiger partial charge in [0.2, 0.25) is 0 Å². The van der Waals surface area contributed by atoms with Gasteiger partial charge in [0.05, 0.1) is 27.7 Å². The standard InChI is InChI=1S/C70H124NO8P/c1-6-8-10-12-14-16-18-20-22-24-26-28-30-32-33-34-35-36-37-39-41-43-45-47-49-51-53-55-57-59-61-63-70(73)79-68(67-78-80(74,75)77-65-64-71(3,4)5)66-76-69(72)62-60-58-56-54-52-50-48-46-44-42-40-38-31-29-27-25-23-21-19-17-15-13-11-9-7-2/h8,10,14,16,20,22,26,28,32-33,35-36,39,41,45,47,68H,6-7,9,11-13,15,17-19,21,23-25,27,29-31,34,37-38,40,42-44,46,48-67H2,1-5H3/p+1/b10-8-,16-14-,22-20-,28-26-,33-32-,36-35-,41-39-,47-45-. The lowest BCUT2D eigenvalue weighted by Crippen LogP contribution is -2.37. The molecule has 0 heterocycles. The Balaban J connectivity index is 4.15. The minimum atomic E-state index is -4.40. The maximum Gasteiger partial charge on any atom is 0.472 e. The zero-order chi connectivity index (χ0) is 58.4. The molecular formula is C70H125NO8P+. The Hall–Kier alpha value is -3.07. The molecule has 2 unspecified atom stereocenters. The number of nitrogens with zero attached hydrogens (tertiary/aromatic N) is 1. The van der Waals surface area contributed by atoms with Gasteiger partial charge in [0, 0.05) is 12.8 Å². The van der Waals surface area contributed by atoms with Crippen molar-refractivity contribution in [3.05, 3.63) is 97.2 Å². The van der Waals surface area contributed by atoms with Crippen LogP contribution in [0.5, 0.6) is 0 Å². The molecule has 0 aromatic carbocycles. The third-order valence-corrected chi connectivity index (χ3v) is 15.1. The zero-order valence-corrected chi connectivity index (χ0v) is 53.4. The van der Waals surface area contributed by atoms with Crippen LogP contribution in [0, 0.1) is 0 Å². The maximum absolute atomic E-state index is 12.9. The number of rotatable bonds is 60. The number of carbonyl (C=O) groups excluding carboxylic acids is 2. The number of carbonyl (C=O) groups is 2. The van der Waals surface area contributed by atoms with E-state index in [1.807, 2.05) is 21.1 Å². The van der Waals surface area contributed by atoms with Crippen molar-refractivity contribution < 1.29 is 42.1 Å². The number of quaternary nitrogens is 1. The number of phosphoric ester groups is 1. The molecule has 0 aliphatic carbocycles. The van der Waals surface area contributed by atoms with Gasteiger partial charge in [-0.05, 0) is 77.0 Å². The molecule has 0 bridgehead atoms. The van der Waals surface area contributed by atoms with Crippen LogP contribution in [0.25, 0.3) is 0 Å². The van der Waals surface area contributed by atoms with Gasteiger partial charge >= 0.3 is 19.8 Å². The molecule has 2 atom stereocenters. The normalized spacial score (nSPS) is 13.8. The van der Waals surface area contributed by atoms with Crippen molar-refractivity contribution in [2.75, 3.05) is 47.5 Å². The summed E-state index contributed by atoms with van der Waals surface area (Å²) in [7, 11) is 1.46. The SMILES string of the molecule is CC/C=C\C/C=C\C/C=C\C/C=C\C/C=C\C/C=C\C/C=C\C/C=C\CCCCCCCCC(=O)OC(COC(=O)CCCCCCCCCCCCCCCCCCCCCCCCCCC)COP(=O)(O)OCC[N+](C)(C)C. The molecule has 0 fully saturated rings. The van der Waals surface area contributed by atoms with Gasteiger partial charge in [-0.1, -0.05) is 291 Å². The van der Waals surface area contributed by atoms with Crippen molar-refractivity contribution in [2.24, 2.45) is 0 Å². The highest BCUT2D eigenvalue weighted by Crippen LogP contribution is 2.43. The number of unbranched alkanes of at least 4 members (excludes halogenated alkanes) is 30. The number of allylic oxidation sites excluding steroid dienone is 16. The number of esters is 2. The van der Waals surface area contributed by atoms with E-state index in [1.165, 1.54) is 141 Å². The van der Waals surface area contributed by atoms with Gasteiger partial charge in [0.1, 0.15) is 19.8 Å². The van der Waals surface area contributed by atoms with Crippen LogP contribution in [-0.4, -0.2) is 74.9 Å². The molecule has 0 radical (unpaired) electrons. The average molecular weight is 1140 g/mol. The molecule has 0 saturated carbocycles. The van der Waals surface area contributed by atoms with Gasteiger partial charge in [0.15, 0.2) is 6.10 Å². The second kappa shape index (κ2) is 60.5. The Morgan fingerprint density at radius 1 is 0.400 bits per heavy atom. The molecule has 1 N–H and O–H groups in total. The largest absolute Gasteiger partial charge is 0.472 e. The van der Waals surface area contributed by atoms with Gasteiger partial charge in [-0.15, -0.1) is 0 Å². The van der Waals surface area contributed by atoms with Crippen molar-refractivity contribution in [3.8, 4) is 0 Å². The van der Waals surface area contributed by atoms with Crippen LogP contribution in [-0.2, 0) is 32.7 Å². The van der Waals surface area contributed by atoms with Gasteiger partial charge in [-0.3, -0.25) is 18.6 Å². The predicted octanol–water partition coefficient (Wildman–Crippen LogP) is 21.2. The van der Waals surface area contributed by atoms with Crippen LogP contribution in [0.3, 0.4) is 0 Å². The van der Waals surface area contributed by atoms with E-state index in [-0.39, 0.29) is 32.0 Å². The van der Waals surface area contributed by atoms with E-state index in [1.54, 1.807) is 0 Å². The van der Waals surface area contributed by atoms with E-state index in [9.17, 15) is 19.0 Å². The summed E-state index contributed by atoms with van der Waals surface area (Å²) in [5.41, 5.74) is 0. The molecule has 0 aliphatic heterocycles. The zero-order valence-electron chi connectivity index (χ0n) is 52.5. The summed E-state index contributed by atoms with van der Waals surface area (Å²) in [6, 6.07) is 0. The number of phosphoric acid groups is 1. The average Bonchev–Trinajstić information content (AvgIpc) is 3.42. The monoisotopic (exact) mass is 1140 g/mol. The van der Waals surface area contributed by atoms with Crippen molar-refractivity contribution in [1.29, 1.82) is 0 Å². The Labute approximate surface area is 493 Å². The molecule has 0 spiro atoms. The third-order valence-electron chi connectivity index (χ3n) is 14.1. The molecule has 0 rings (SSSR count). The van der Waals surface area contributed by atoms with Gasteiger partial charge in [-0.25, -0.2) is 4.57 Å². The topological polar surface area (TPSA) is 108 Å². The van der Waals surface area contributed by atoms with E-state index in [4.69, 9.17) is 18.5 Å². The van der Waals surface area contributed by atoms with E-state index in [2.05, 4.69) is 111 Å². The minimum Gasteiger partial charge on any atom is -0.462 e. The van der Waals surface area contributed by atoms with Crippen molar-refractivity contribution >= 4 is 19.8 Å². The van der Waals surface area contributed by atoms with Crippen LogP contribution in [0.2, 0.25) is 0 Å². The Morgan fingerprint density at radius 2 is 0.713 bits per heavy atom. The second-order valence-corrected chi connectivity index (χ2v) is 24.6. The molecule has 80 heavy (non-hydrogen) atoms. The van der Waals surface area contributed by atoms with E-state index in [0.717, 1.165) is 109 Å². The fourth-order valence-corrected chi connectivity index (χ4v) is 9.83. The minimum absolute atomic E-state index is 0.0253. The lowest BCUT2D eigenvalue weighted by atomic mass is 10.0. The fraction of sp³-hybridized carbons (Fsp3) is 0.743. The van der Waals surface area contributed by atoms with Crippen LogP contribution in [0.1, 0.15) is 284 Å². The highest BCUT2D eigenvalue weighted by Gasteiger charge is 2.27. The summed E-state index contributed by atoms with van der Waals surface area (Å²) in [6.45, 7) is 4.33. The fourth-order valence-electron chi connectivity index (χ4n) is 9.09. The summed E-state index contributed by atoms with van der Waals surface area (Å²) in [4.78, 5) is 35.8. The molecule has 0 aromatic rings. The first-order valence-corrected chi connectivity index (χ1v) is 34.5. The predicted molar refractivity (Wildman–Crippen MR) is 344 cm³/mol. The first kappa shape index (κ1) is 76.9. The lowest BCUT2D eigenvalue weighted by molar-refractivity contribution is -0.870. The van der Waals surface area contributed by atoms with Crippen molar-refractivity contribution in [2.45, 2.75) is 290 Å². The van der Waals surface area contributed by atoms with Crippen LogP contribution in [0.15, 0.2) is 97.2 Å². The summed E-state index contributed by atoms with van der Waals surface area (Å²) < 4.78 is 34.7. The van der Waals surface area contributed by atoms with Crippen molar-refractivity contribution in [1.82, 2.24) is 0 Å². The Morgan fingerprint density at radius 3 is 1.06 bits per heavy atom. The summed E-state index contributed by atoms with van der Waals surface area (Å²) in [5, 5.41) is 0. The van der Waals surface area contributed by atoms with Crippen molar-refractivity contribution in [3.63, 3.8) is 0 Å². The second-order valence-electron chi connectivity index (χ2n) is 23.1. The Kier molecular flexibility index (Phi) is 58.2. The van der Waals surface area contributed by atoms with E-state index in [0.29, 0.717) is 17.4 Å². The molecule has 10 heteroatoms. The number of hydrogen-bond acceptors (Lipinski definition) is 7. The Bertz CT molecular complexity index is 1670. The maximum atomic E-state index is 12.9. The highest BCUT2D eigenvalue weighted by molar-refractivity contribution is 7.47. The molecule has 0 aromatic heterocycles. The van der Waals surface area contributed by atoms with Crippen LogP contribution < -0.4 is 0 Å². The van der Waals surface area contributed by atoms with E-state index < -0.39 is 26.5 Å². The first-order chi connectivity index (χ1) is 39.0. The highest BCUT2D eigenvalue weighted by atomic mass is 31.2. The van der Waals surface area contributed by atoms with E-state index >= 15 is 0 Å². The van der Waals surface area contributed by atoms with Gasteiger partial charge in [-0.2, -0.15) is 0 Å². The molecule has 9 nitrogen and oxygen atoms in total. The molecule has 0 amide bonds. The summed E-state index contributed by atoms with van der Waals surface area (Å²) >= 11 is 0. The van der Waals surface area contributed by atoms with Crippen LogP contribution in [0.4, 0.5) is 0 Å². The number of likely N-dealkylation sites (N-methyl/N-ethyl adjacent to an activating group) is 1. The van der Waals surface area contributed by atoms with Crippen LogP contribution >= 0.6 is 7.82 Å². The van der Waals surface area contributed by atoms with Gasteiger partial charge in [0.25, 0.3) is 0 Å². The third kappa shape index (κ3) is 64.1.